The van der Waals surface area contributed by atoms with Crippen molar-refractivity contribution in [3.63, 3.8) is 0 Å². The van der Waals surface area contributed by atoms with Gasteiger partial charge in [0.05, 0.1) is 37.5 Å². The first-order chi connectivity index (χ1) is 23.1. The molecule has 5 heterocycles. The number of rotatable bonds is 8. The molecule has 5 aliphatic rings. The molecule has 4 fully saturated rings. The highest BCUT2D eigenvalue weighted by molar-refractivity contribution is 7.89. The lowest BCUT2D eigenvalue weighted by molar-refractivity contribution is -0.181. The summed E-state index contributed by atoms with van der Waals surface area (Å²) in [6.45, 7) is 7.30. The lowest BCUT2D eigenvalue weighted by Crippen LogP contribution is -2.78. The molecule has 3 unspecified atom stereocenters. The summed E-state index contributed by atoms with van der Waals surface area (Å²) in [6.07, 6.45) is 8.42. The number of carbonyl (C=O) groups excluding carboxylic acids is 1. The number of pyridine rings is 1. The lowest BCUT2D eigenvalue weighted by Gasteiger charge is -2.66. The monoisotopic (exact) mass is 669 g/mol. The van der Waals surface area contributed by atoms with Gasteiger partial charge in [-0.3, -0.25) is 14.6 Å². The average Bonchev–Trinajstić information content (AvgIpc) is 3.32. The van der Waals surface area contributed by atoms with Crippen LogP contribution in [0.4, 0.5) is 0 Å². The first kappa shape index (κ1) is 32.3. The number of benzene rings is 1. The molecule has 1 aliphatic carbocycles. The molecule has 0 saturated carbocycles. The van der Waals surface area contributed by atoms with Gasteiger partial charge in [0.2, 0.25) is 0 Å². The Kier molecular flexibility index (Phi) is 8.07. The molecular formula is C35H39N7O5S. The molecule has 1 aromatic carbocycles. The maximum Gasteiger partial charge on any atom is 0.284 e. The number of methoxy groups -OCH3 is 1. The van der Waals surface area contributed by atoms with E-state index < -0.39 is 38.5 Å². The van der Waals surface area contributed by atoms with Gasteiger partial charge in [-0.1, -0.05) is 12.2 Å². The maximum atomic E-state index is 15.4. The number of allylic oxidation sites excluding steroid dienone is 2. The summed E-state index contributed by atoms with van der Waals surface area (Å²) in [6, 6.07) is 11.6. The van der Waals surface area contributed by atoms with Crippen LogP contribution in [-0.2, 0) is 20.4 Å². The van der Waals surface area contributed by atoms with Crippen molar-refractivity contribution in [2.45, 2.75) is 42.4 Å². The predicted octanol–water partition coefficient (Wildman–Crippen LogP) is 2.50. The number of piperidine rings is 1. The van der Waals surface area contributed by atoms with Crippen molar-refractivity contribution < 1.29 is 22.7 Å². The van der Waals surface area contributed by atoms with E-state index in [0.717, 1.165) is 43.3 Å². The van der Waals surface area contributed by atoms with Crippen LogP contribution in [0.2, 0.25) is 0 Å². The van der Waals surface area contributed by atoms with E-state index >= 15 is 4.79 Å². The molecular weight excluding hydrogens is 630 g/mol. The number of nitriles is 2. The summed E-state index contributed by atoms with van der Waals surface area (Å²) in [5.41, 5.74) is -0.636. The van der Waals surface area contributed by atoms with Crippen LogP contribution in [0, 0.1) is 34.0 Å². The minimum absolute atomic E-state index is 0.0297. The molecule has 4 aliphatic heterocycles. The third kappa shape index (κ3) is 4.91. The molecule has 0 bridgehead atoms. The fraction of sp³-hybridized carbons (Fsp3) is 0.486. The fourth-order valence-corrected chi connectivity index (χ4v) is 10.00. The van der Waals surface area contributed by atoms with E-state index in [4.69, 9.17) is 9.47 Å². The lowest BCUT2D eigenvalue weighted by atomic mass is 9.65. The van der Waals surface area contributed by atoms with E-state index in [9.17, 15) is 18.9 Å². The van der Waals surface area contributed by atoms with Gasteiger partial charge in [-0.05, 0) is 76.3 Å². The molecule has 1 spiro atoms. The van der Waals surface area contributed by atoms with Gasteiger partial charge < -0.3 is 14.4 Å². The zero-order valence-electron chi connectivity index (χ0n) is 27.4. The Bertz CT molecular complexity index is 1880. The van der Waals surface area contributed by atoms with Crippen molar-refractivity contribution >= 4 is 15.9 Å². The zero-order chi connectivity index (χ0) is 33.8. The Morgan fingerprint density at radius 1 is 1.06 bits per heavy atom. The number of likely N-dealkylation sites (tertiary alicyclic amines) is 3. The third-order valence-electron chi connectivity index (χ3n) is 10.7. The number of carbonyl (C=O) groups is 1. The van der Waals surface area contributed by atoms with E-state index in [1.165, 1.54) is 25.4 Å². The molecule has 13 heteroatoms. The Balaban J connectivity index is 1.35. The van der Waals surface area contributed by atoms with Gasteiger partial charge >= 0.3 is 0 Å². The highest BCUT2D eigenvalue weighted by Crippen LogP contribution is 2.58. The zero-order valence-corrected chi connectivity index (χ0v) is 28.2. The van der Waals surface area contributed by atoms with E-state index in [2.05, 4.69) is 32.8 Å². The van der Waals surface area contributed by atoms with Crippen molar-refractivity contribution in [3.05, 3.63) is 71.5 Å². The van der Waals surface area contributed by atoms with Crippen LogP contribution in [-0.4, -0.2) is 110 Å². The number of sulfonamides is 1. The second kappa shape index (κ2) is 12.0. The van der Waals surface area contributed by atoms with Crippen LogP contribution in [0.1, 0.15) is 30.9 Å². The number of amides is 1. The maximum absolute atomic E-state index is 15.4. The number of fused-ring (bicyclic) bond motifs is 1. The van der Waals surface area contributed by atoms with Crippen molar-refractivity contribution in [3.8, 4) is 23.6 Å². The Morgan fingerprint density at radius 2 is 1.81 bits per heavy atom. The van der Waals surface area contributed by atoms with Gasteiger partial charge in [0, 0.05) is 60.9 Å². The Hall–Kier alpha value is -4.27. The van der Waals surface area contributed by atoms with Gasteiger partial charge in [-0.25, -0.2) is 9.29 Å². The molecule has 12 nitrogen and oxygen atoms in total. The van der Waals surface area contributed by atoms with Crippen LogP contribution in [0.3, 0.4) is 0 Å². The second-order valence-corrected chi connectivity index (χ2v) is 15.3. The Labute approximate surface area is 281 Å². The minimum Gasteiger partial charge on any atom is -0.497 e. The summed E-state index contributed by atoms with van der Waals surface area (Å²) in [5, 5.41) is 19.1. The summed E-state index contributed by atoms with van der Waals surface area (Å²) in [5.74, 6) is -0.493. The van der Waals surface area contributed by atoms with Gasteiger partial charge in [0.25, 0.3) is 15.9 Å². The van der Waals surface area contributed by atoms with E-state index in [1.54, 1.807) is 36.4 Å². The van der Waals surface area contributed by atoms with Gasteiger partial charge in [-0.15, -0.1) is 0 Å². The van der Waals surface area contributed by atoms with Crippen molar-refractivity contribution in [2.24, 2.45) is 11.3 Å². The summed E-state index contributed by atoms with van der Waals surface area (Å²) < 4.78 is 41.6. The number of hydrogen-bond acceptors (Lipinski definition) is 11. The molecule has 4 saturated heterocycles. The molecule has 0 radical (unpaired) electrons. The standard InChI is InChI=1S/C35H39N7O5S/c1-4-47-31-8-6-27(46-3)17-29(31)35(41-22-34(23-41)20-40(21-34)26-10-13-39(2)14-11-26)28-15-24(18-36)5-7-30(28)42(33(35)43)48(44,45)32-16-25(19-37)9-12-38-32/h5-9,12,15-17,26,28,30H,4,10-11,13-14,20-23H2,1-3H3. The quantitative estimate of drug-likeness (QED) is 0.409. The SMILES string of the molecule is CCOc1ccc(OC)cc1C1(N2CC3(CN(C4CCN(C)CC4)C3)C2)C(=O)N(S(=O)(=O)c2cc(C#N)ccn2)C2C=CC(C#N)=CC21. The molecule has 7 rings (SSSR count). The predicted molar refractivity (Wildman–Crippen MR) is 175 cm³/mol. The van der Waals surface area contributed by atoms with Crippen LogP contribution < -0.4 is 9.47 Å². The molecule has 250 valence electrons. The largest absolute Gasteiger partial charge is 0.497 e. The van der Waals surface area contributed by atoms with E-state index in [0.29, 0.717) is 48.4 Å². The topological polar surface area (TPSA) is 143 Å². The van der Waals surface area contributed by atoms with Crippen LogP contribution in [0.15, 0.2) is 65.4 Å². The van der Waals surface area contributed by atoms with Gasteiger partial charge in [-0.2, -0.15) is 18.9 Å². The first-order valence-electron chi connectivity index (χ1n) is 16.3. The number of hydrogen-bond donors (Lipinski definition) is 0. The third-order valence-corrected chi connectivity index (χ3v) is 12.4. The number of ether oxygens (including phenoxy) is 2. The Morgan fingerprint density at radius 3 is 2.48 bits per heavy atom. The van der Waals surface area contributed by atoms with Crippen LogP contribution in [0.25, 0.3) is 0 Å². The highest BCUT2D eigenvalue weighted by atomic mass is 32.2. The first-order valence-corrected chi connectivity index (χ1v) is 17.8. The minimum atomic E-state index is -4.55. The molecule has 1 aromatic heterocycles. The molecule has 3 atom stereocenters. The highest BCUT2D eigenvalue weighted by Gasteiger charge is 2.70. The number of aromatic nitrogens is 1. The summed E-state index contributed by atoms with van der Waals surface area (Å²) >= 11 is 0. The second-order valence-electron chi connectivity index (χ2n) is 13.6. The van der Waals surface area contributed by atoms with Gasteiger partial charge in [0.1, 0.15) is 17.0 Å². The average molecular weight is 670 g/mol. The molecule has 48 heavy (non-hydrogen) atoms. The summed E-state index contributed by atoms with van der Waals surface area (Å²) in [4.78, 5) is 26.5. The van der Waals surface area contributed by atoms with Gasteiger partial charge in [0.15, 0.2) is 5.03 Å². The van der Waals surface area contributed by atoms with E-state index in [-0.39, 0.29) is 11.0 Å². The van der Waals surface area contributed by atoms with Crippen LogP contribution in [0.5, 0.6) is 11.5 Å². The van der Waals surface area contributed by atoms with Crippen LogP contribution >= 0.6 is 0 Å². The number of nitrogens with zero attached hydrogens (tertiary/aromatic N) is 7. The smallest absolute Gasteiger partial charge is 0.284 e. The van der Waals surface area contributed by atoms with E-state index in [1.807, 2.05) is 13.0 Å². The molecule has 0 N–H and O–H groups in total. The van der Waals surface area contributed by atoms with Crippen molar-refractivity contribution in [1.29, 1.82) is 10.5 Å². The summed E-state index contributed by atoms with van der Waals surface area (Å²) in [7, 11) is -0.857. The fourth-order valence-electron chi connectivity index (χ4n) is 8.44. The van der Waals surface area contributed by atoms with Crippen molar-refractivity contribution in [1.82, 2.24) is 24.0 Å². The van der Waals surface area contributed by atoms with Crippen molar-refractivity contribution in [2.75, 3.05) is 60.0 Å². The molecule has 2 aromatic rings. The molecule has 1 amide bonds. The normalized spacial score (nSPS) is 27.4.